The van der Waals surface area contributed by atoms with Crippen molar-refractivity contribution in [2.75, 3.05) is 6.54 Å². The average Bonchev–Trinajstić information content (AvgIpc) is 2.54. The Labute approximate surface area is 129 Å². The van der Waals surface area contributed by atoms with E-state index in [1.165, 1.54) is 12.1 Å². The van der Waals surface area contributed by atoms with Crippen molar-refractivity contribution in [3.8, 4) is 0 Å². The van der Waals surface area contributed by atoms with Gasteiger partial charge in [0, 0.05) is 19.3 Å². The van der Waals surface area contributed by atoms with Crippen molar-refractivity contribution >= 4 is 6.03 Å². The van der Waals surface area contributed by atoms with Gasteiger partial charge in [0.25, 0.3) is 0 Å². The predicted octanol–water partition coefficient (Wildman–Crippen LogP) is 3.05. The topological polar surface area (TPSA) is 45.2 Å². The molecule has 0 bridgehead atoms. The number of nitrogens with one attached hydrogen (secondary N) is 1. The van der Waals surface area contributed by atoms with Crippen molar-refractivity contribution in [1.82, 2.24) is 15.2 Å². The van der Waals surface area contributed by atoms with E-state index in [-0.39, 0.29) is 17.9 Å². The van der Waals surface area contributed by atoms with E-state index < -0.39 is 0 Å². The summed E-state index contributed by atoms with van der Waals surface area (Å²) in [5.74, 6) is -0.261. The van der Waals surface area contributed by atoms with Crippen LogP contribution in [0, 0.1) is 5.82 Å². The minimum absolute atomic E-state index is 0.145. The third-order valence-corrected chi connectivity index (χ3v) is 3.94. The van der Waals surface area contributed by atoms with Gasteiger partial charge in [0.15, 0.2) is 0 Å². The molecule has 1 aliphatic rings. The number of carbonyl (C=O) groups excluding carboxylic acids is 1. The summed E-state index contributed by atoms with van der Waals surface area (Å²) in [6.07, 6.45) is 2.46. The molecule has 0 saturated heterocycles. The molecule has 0 fully saturated rings. The van der Waals surface area contributed by atoms with E-state index in [4.69, 9.17) is 0 Å². The van der Waals surface area contributed by atoms with Gasteiger partial charge in [0.1, 0.15) is 5.82 Å². The molecule has 1 atom stereocenters. The molecular weight excluding hydrogens is 281 g/mol. The zero-order valence-corrected chi connectivity index (χ0v) is 12.4. The molecule has 114 valence electrons. The number of aromatic nitrogens is 1. The van der Waals surface area contributed by atoms with Crippen LogP contribution in [0.3, 0.4) is 0 Å². The van der Waals surface area contributed by atoms with Crippen LogP contribution in [0.4, 0.5) is 9.18 Å². The number of hydrogen-bond acceptors (Lipinski definition) is 2. The second kappa shape index (κ2) is 6.13. The molecule has 2 heterocycles. The van der Waals surface area contributed by atoms with Crippen molar-refractivity contribution < 1.29 is 9.18 Å². The Hall–Kier alpha value is -2.43. The zero-order valence-electron chi connectivity index (χ0n) is 12.4. The van der Waals surface area contributed by atoms with Gasteiger partial charge in [-0.2, -0.15) is 0 Å². The number of fused-ring (bicyclic) bond motifs is 1. The Morgan fingerprint density at radius 2 is 2.18 bits per heavy atom. The van der Waals surface area contributed by atoms with Crippen LogP contribution >= 0.6 is 0 Å². The summed E-state index contributed by atoms with van der Waals surface area (Å²) in [6.45, 7) is 2.98. The molecule has 1 unspecified atom stereocenters. The van der Waals surface area contributed by atoms with Gasteiger partial charge in [-0.25, -0.2) is 9.18 Å². The smallest absolute Gasteiger partial charge is 0.318 e. The Balaban J connectivity index is 1.66. The van der Waals surface area contributed by atoms with Crippen LogP contribution in [0.15, 0.2) is 42.6 Å². The van der Waals surface area contributed by atoms with Crippen LogP contribution in [0.25, 0.3) is 0 Å². The van der Waals surface area contributed by atoms with E-state index in [0.29, 0.717) is 13.1 Å². The SMILES string of the molecule is CC(NC(=O)N1CCc2ccc(F)cc2C1)c1ccccn1. The van der Waals surface area contributed by atoms with Gasteiger partial charge in [-0.1, -0.05) is 12.1 Å². The summed E-state index contributed by atoms with van der Waals surface area (Å²) in [4.78, 5) is 18.3. The number of amides is 2. The van der Waals surface area contributed by atoms with Gasteiger partial charge in [-0.05, 0) is 48.7 Å². The summed E-state index contributed by atoms with van der Waals surface area (Å²) in [6, 6.07) is 10.1. The fourth-order valence-corrected chi connectivity index (χ4v) is 2.68. The molecule has 4 nitrogen and oxygen atoms in total. The molecule has 0 radical (unpaired) electrons. The summed E-state index contributed by atoms with van der Waals surface area (Å²) in [5.41, 5.74) is 2.81. The number of hydrogen-bond donors (Lipinski definition) is 1. The van der Waals surface area contributed by atoms with Crippen molar-refractivity contribution in [1.29, 1.82) is 0 Å². The number of pyridine rings is 1. The Morgan fingerprint density at radius 3 is 2.95 bits per heavy atom. The maximum absolute atomic E-state index is 13.3. The fourth-order valence-electron chi connectivity index (χ4n) is 2.68. The normalized spacial score (nSPS) is 15.1. The van der Waals surface area contributed by atoms with Crippen molar-refractivity contribution in [3.63, 3.8) is 0 Å². The standard InChI is InChI=1S/C17H18FN3O/c1-12(16-4-2-3-8-19-16)20-17(22)21-9-7-13-5-6-15(18)10-14(13)11-21/h2-6,8,10,12H,7,9,11H2,1H3,(H,20,22). The first-order chi connectivity index (χ1) is 10.6. The quantitative estimate of drug-likeness (QED) is 0.926. The van der Waals surface area contributed by atoms with E-state index >= 15 is 0 Å². The van der Waals surface area contributed by atoms with Crippen LogP contribution in [-0.4, -0.2) is 22.5 Å². The second-order valence-electron chi connectivity index (χ2n) is 5.51. The highest BCUT2D eigenvalue weighted by atomic mass is 19.1. The molecule has 0 spiro atoms. The molecule has 1 aliphatic heterocycles. The van der Waals surface area contributed by atoms with Gasteiger partial charge in [0.05, 0.1) is 11.7 Å². The highest BCUT2D eigenvalue weighted by molar-refractivity contribution is 5.75. The van der Waals surface area contributed by atoms with Crippen LogP contribution < -0.4 is 5.32 Å². The average molecular weight is 299 g/mol. The fraction of sp³-hybridized carbons (Fsp3) is 0.294. The van der Waals surface area contributed by atoms with E-state index in [1.54, 1.807) is 17.2 Å². The van der Waals surface area contributed by atoms with Crippen molar-refractivity contribution in [2.24, 2.45) is 0 Å². The lowest BCUT2D eigenvalue weighted by Crippen LogP contribution is -2.43. The van der Waals surface area contributed by atoms with Gasteiger partial charge in [-0.15, -0.1) is 0 Å². The van der Waals surface area contributed by atoms with Crippen molar-refractivity contribution in [2.45, 2.75) is 25.9 Å². The predicted molar refractivity (Wildman–Crippen MR) is 81.7 cm³/mol. The summed E-state index contributed by atoms with van der Waals surface area (Å²) >= 11 is 0. The number of rotatable bonds is 2. The summed E-state index contributed by atoms with van der Waals surface area (Å²) in [5, 5.41) is 2.94. The van der Waals surface area contributed by atoms with Gasteiger partial charge >= 0.3 is 6.03 Å². The van der Waals surface area contributed by atoms with Crippen LogP contribution in [0.2, 0.25) is 0 Å². The van der Waals surface area contributed by atoms with Crippen LogP contribution in [0.5, 0.6) is 0 Å². The second-order valence-corrected chi connectivity index (χ2v) is 5.51. The van der Waals surface area contributed by atoms with Crippen LogP contribution in [0.1, 0.15) is 29.8 Å². The Kier molecular flexibility index (Phi) is 4.04. The number of halogens is 1. The highest BCUT2D eigenvalue weighted by Crippen LogP contribution is 2.20. The number of carbonyl (C=O) groups is 1. The third-order valence-electron chi connectivity index (χ3n) is 3.94. The molecule has 1 aromatic carbocycles. The molecule has 3 rings (SSSR count). The van der Waals surface area contributed by atoms with Gasteiger partial charge < -0.3 is 10.2 Å². The minimum atomic E-state index is -0.261. The molecule has 22 heavy (non-hydrogen) atoms. The molecule has 2 amide bonds. The first kappa shape index (κ1) is 14.5. The zero-order chi connectivity index (χ0) is 15.5. The number of benzene rings is 1. The first-order valence-electron chi connectivity index (χ1n) is 7.37. The molecular formula is C17H18FN3O. The lowest BCUT2D eigenvalue weighted by molar-refractivity contribution is 0.189. The maximum atomic E-state index is 13.3. The molecule has 0 aliphatic carbocycles. The molecule has 1 aromatic heterocycles. The van der Waals surface area contributed by atoms with Crippen molar-refractivity contribution in [3.05, 3.63) is 65.2 Å². The highest BCUT2D eigenvalue weighted by Gasteiger charge is 2.22. The molecule has 2 aromatic rings. The van der Waals surface area contributed by atoms with E-state index in [0.717, 1.165) is 23.2 Å². The van der Waals surface area contributed by atoms with E-state index in [1.807, 2.05) is 25.1 Å². The molecule has 0 saturated carbocycles. The number of nitrogens with zero attached hydrogens (tertiary/aromatic N) is 2. The summed E-state index contributed by atoms with van der Waals surface area (Å²) in [7, 11) is 0. The van der Waals surface area contributed by atoms with E-state index in [2.05, 4.69) is 10.3 Å². The first-order valence-corrected chi connectivity index (χ1v) is 7.37. The lowest BCUT2D eigenvalue weighted by atomic mass is 10.00. The largest absolute Gasteiger partial charge is 0.330 e. The minimum Gasteiger partial charge on any atom is -0.330 e. The monoisotopic (exact) mass is 299 g/mol. The summed E-state index contributed by atoms with van der Waals surface area (Å²) < 4.78 is 13.3. The van der Waals surface area contributed by atoms with Gasteiger partial charge in [-0.3, -0.25) is 4.98 Å². The molecule has 1 N–H and O–H groups in total. The number of urea groups is 1. The molecule has 5 heteroatoms. The van der Waals surface area contributed by atoms with Gasteiger partial charge in [0.2, 0.25) is 0 Å². The lowest BCUT2D eigenvalue weighted by Gasteiger charge is -2.30. The Morgan fingerprint density at radius 1 is 1.32 bits per heavy atom. The maximum Gasteiger partial charge on any atom is 0.318 e. The third kappa shape index (κ3) is 3.08. The Bertz CT molecular complexity index is 675. The van der Waals surface area contributed by atoms with E-state index in [9.17, 15) is 9.18 Å². The van der Waals surface area contributed by atoms with Crippen LogP contribution in [-0.2, 0) is 13.0 Å².